The smallest absolute Gasteiger partial charge is 0.306 e. The van der Waals surface area contributed by atoms with E-state index in [-0.39, 0.29) is 19.4 Å². The molecule has 2 heterocycles. The minimum absolute atomic E-state index is 0.0816. The molecule has 15 heteroatoms. The van der Waals surface area contributed by atoms with Crippen molar-refractivity contribution in [2.75, 3.05) is 26.4 Å². The van der Waals surface area contributed by atoms with Gasteiger partial charge in [-0.2, -0.15) is 0 Å². The van der Waals surface area contributed by atoms with E-state index in [1.165, 1.54) is 0 Å². The zero-order chi connectivity index (χ0) is 49.6. The summed E-state index contributed by atoms with van der Waals surface area (Å²) in [5, 5.41) is 72.0. The van der Waals surface area contributed by atoms with E-state index >= 15 is 0 Å². The van der Waals surface area contributed by atoms with E-state index in [2.05, 4.69) is 105 Å². The number of rotatable bonds is 35. The Kier molecular flexibility index (Phi) is 34.5. The first-order valence-electron chi connectivity index (χ1n) is 24.5. The Balaban J connectivity index is 1.87. The van der Waals surface area contributed by atoms with E-state index in [1.54, 1.807) is 0 Å². The monoisotopic (exact) mass is 959 g/mol. The van der Waals surface area contributed by atoms with Gasteiger partial charge >= 0.3 is 11.9 Å². The molecule has 2 rings (SSSR count). The van der Waals surface area contributed by atoms with Gasteiger partial charge in [0.1, 0.15) is 55.4 Å². The Morgan fingerprint density at radius 3 is 1.41 bits per heavy atom. The van der Waals surface area contributed by atoms with Crippen LogP contribution in [0.15, 0.2) is 109 Å². The summed E-state index contributed by atoms with van der Waals surface area (Å²) in [6.45, 7) is 2.20. The molecule has 0 aromatic heterocycles. The lowest BCUT2D eigenvalue weighted by Gasteiger charge is -2.42. The summed E-state index contributed by atoms with van der Waals surface area (Å²) in [7, 11) is 0. The molecule has 2 fully saturated rings. The van der Waals surface area contributed by atoms with E-state index in [9.17, 15) is 45.3 Å². The molecule has 0 aromatic carbocycles. The number of aliphatic hydroxyl groups is 7. The van der Waals surface area contributed by atoms with E-state index in [0.717, 1.165) is 77.0 Å². The zero-order valence-electron chi connectivity index (χ0n) is 40.3. The summed E-state index contributed by atoms with van der Waals surface area (Å²) in [6.07, 6.45) is 32.8. The van der Waals surface area contributed by atoms with E-state index < -0.39 is 99.3 Å². The van der Waals surface area contributed by atoms with Crippen molar-refractivity contribution in [3.63, 3.8) is 0 Å². The number of allylic oxidation sites excluding steroid dienone is 18. The molecule has 2 aliphatic heterocycles. The molecule has 0 saturated carbocycles. The van der Waals surface area contributed by atoms with Crippen LogP contribution in [0.4, 0.5) is 0 Å². The third-order valence-electron chi connectivity index (χ3n) is 10.8. The fraction of sp³-hybridized carbons (Fsp3) is 0.623. The van der Waals surface area contributed by atoms with Gasteiger partial charge in [-0.05, 0) is 83.5 Å². The standard InChI is InChI=1S/C53H82O15/c1-3-5-7-9-11-13-15-17-18-19-20-21-22-24-26-28-30-32-34-36-45(56)66-41(38-63-44(55)35-33-31-29-27-25-23-16-14-12-10-8-6-4-2)39-64-52-51(62)49(60)47(58)43(68-52)40-65-53-50(61)48(59)46(57)42(37-54)67-53/h5-8,11-14,17-18,20-21,23-26,29,31,41-43,46-54,57-62H,3-4,9-10,15-16,19,22,27-28,30,32-40H2,1-2H3/b7-5-,8-6-,13-11-,14-12-,18-17-,21-20-,25-23-,26-24-,31-29-. The van der Waals surface area contributed by atoms with Crippen molar-refractivity contribution in [1.29, 1.82) is 0 Å². The van der Waals surface area contributed by atoms with Crippen LogP contribution in [0.1, 0.15) is 117 Å². The normalized spacial score (nSPS) is 26.7. The fourth-order valence-electron chi connectivity index (χ4n) is 6.78. The molecule has 7 N–H and O–H groups in total. The van der Waals surface area contributed by atoms with E-state index in [0.29, 0.717) is 12.8 Å². The molecule has 0 spiro atoms. The van der Waals surface area contributed by atoms with Crippen LogP contribution in [0.25, 0.3) is 0 Å². The first-order chi connectivity index (χ1) is 33.0. The largest absolute Gasteiger partial charge is 0.462 e. The molecule has 11 atom stereocenters. The van der Waals surface area contributed by atoms with Gasteiger partial charge in [0.05, 0.1) is 19.8 Å². The Morgan fingerprint density at radius 2 is 0.912 bits per heavy atom. The molecule has 0 aliphatic carbocycles. The van der Waals surface area contributed by atoms with Crippen molar-refractivity contribution in [2.45, 2.75) is 184 Å². The van der Waals surface area contributed by atoms with Crippen LogP contribution in [0, 0.1) is 0 Å². The van der Waals surface area contributed by atoms with Crippen molar-refractivity contribution >= 4 is 11.9 Å². The van der Waals surface area contributed by atoms with Gasteiger partial charge in [-0.1, -0.05) is 130 Å². The highest BCUT2D eigenvalue weighted by molar-refractivity contribution is 5.70. The van der Waals surface area contributed by atoms with Crippen molar-refractivity contribution < 1.29 is 73.8 Å². The van der Waals surface area contributed by atoms with Gasteiger partial charge in [0.25, 0.3) is 0 Å². The summed E-state index contributed by atoms with van der Waals surface area (Å²) in [4.78, 5) is 25.7. The van der Waals surface area contributed by atoms with Crippen molar-refractivity contribution in [1.82, 2.24) is 0 Å². The predicted octanol–water partition coefficient (Wildman–Crippen LogP) is 6.37. The maximum Gasteiger partial charge on any atom is 0.306 e. The number of hydrogen-bond acceptors (Lipinski definition) is 15. The van der Waals surface area contributed by atoms with Crippen LogP contribution in [0.2, 0.25) is 0 Å². The van der Waals surface area contributed by atoms with Crippen LogP contribution in [-0.2, 0) is 38.0 Å². The number of hydrogen-bond donors (Lipinski definition) is 7. The molecule has 11 unspecified atom stereocenters. The van der Waals surface area contributed by atoms with Crippen LogP contribution in [-0.4, -0.2) is 142 Å². The van der Waals surface area contributed by atoms with Gasteiger partial charge in [-0.15, -0.1) is 0 Å². The third-order valence-corrected chi connectivity index (χ3v) is 10.8. The van der Waals surface area contributed by atoms with Gasteiger partial charge in [-0.3, -0.25) is 9.59 Å². The lowest BCUT2D eigenvalue weighted by Crippen LogP contribution is -2.61. The van der Waals surface area contributed by atoms with E-state index in [1.807, 2.05) is 18.2 Å². The topological polar surface area (TPSA) is 231 Å². The van der Waals surface area contributed by atoms with Crippen LogP contribution >= 0.6 is 0 Å². The van der Waals surface area contributed by atoms with Crippen molar-refractivity contribution in [3.8, 4) is 0 Å². The molecule has 0 amide bonds. The summed E-state index contributed by atoms with van der Waals surface area (Å²) >= 11 is 0. The first-order valence-corrected chi connectivity index (χ1v) is 24.5. The Bertz CT molecular complexity index is 1600. The Morgan fingerprint density at radius 1 is 0.471 bits per heavy atom. The van der Waals surface area contributed by atoms with Crippen LogP contribution in [0.3, 0.4) is 0 Å². The SMILES string of the molecule is CC/C=C\C/C=C\C/C=C\C/C=C\C/C=C\CCCCCC(=O)OC(COC(=O)CC/C=C\C/C=C\C/C=C\C/C=C\CC)COC1OC(COC2OC(CO)C(O)C(O)C2O)C(O)C(O)C1O. The maximum atomic E-state index is 13.0. The van der Waals surface area contributed by atoms with Gasteiger partial charge in [0, 0.05) is 12.8 Å². The number of esters is 2. The molecular formula is C53H82O15. The maximum absolute atomic E-state index is 13.0. The summed E-state index contributed by atoms with van der Waals surface area (Å²) in [5.41, 5.74) is 0. The fourth-order valence-corrected chi connectivity index (χ4v) is 6.78. The molecule has 15 nitrogen and oxygen atoms in total. The highest BCUT2D eigenvalue weighted by Gasteiger charge is 2.47. The number of ether oxygens (including phenoxy) is 6. The average molecular weight is 959 g/mol. The molecule has 2 aliphatic rings. The van der Waals surface area contributed by atoms with Crippen LogP contribution < -0.4 is 0 Å². The van der Waals surface area contributed by atoms with E-state index in [4.69, 9.17) is 28.4 Å². The van der Waals surface area contributed by atoms with Crippen molar-refractivity contribution in [3.05, 3.63) is 109 Å². The molecule has 0 radical (unpaired) electrons. The highest BCUT2D eigenvalue weighted by Crippen LogP contribution is 2.26. The second-order valence-electron chi connectivity index (χ2n) is 16.5. The number of carbonyl (C=O) groups excluding carboxylic acids is 2. The van der Waals surface area contributed by atoms with Gasteiger partial charge < -0.3 is 64.2 Å². The average Bonchev–Trinajstić information content (AvgIpc) is 3.33. The molecular weight excluding hydrogens is 877 g/mol. The number of carbonyl (C=O) groups is 2. The Labute approximate surface area is 404 Å². The second-order valence-corrected chi connectivity index (χ2v) is 16.5. The number of aliphatic hydroxyl groups excluding tert-OH is 7. The molecule has 2 saturated heterocycles. The summed E-state index contributed by atoms with van der Waals surface area (Å²) in [6, 6.07) is 0. The molecule has 384 valence electrons. The molecule has 68 heavy (non-hydrogen) atoms. The summed E-state index contributed by atoms with van der Waals surface area (Å²) < 4.78 is 33.4. The minimum atomic E-state index is -1.79. The number of unbranched alkanes of at least 4 members (excludes halogenated alkanes) is 3. The minimum Gasteiger partial charge on any atom is -0.462 e. The lowest BCUT2D eigenvalue weighted by molar-refractivity contribution is -0.332. The van der Waals surface area contributed by atoms with Gasteiger partial charge in [0.15, 0.2) is 18.7 Å². The second kappa shape index (κ2) is 38.9. The first kappa shape index (κ1) is 60.3. The third kappa shape index (κ3) is 26.8. The van der Waals surface area contributed by atoms with Crippen molar-refractivity contribution in [2.24, 2.45) is 0 Å². The Hall–Kier alpha value is -3.84. The van der Waals surface area contributed by atoms with Crippen LogP contribution in [0.5, 0.6) is 0 Å². The lowest BCUT2D eigenvalue weighted by atomic mass is 9.98. The predicted molar refractivity (Wildman–Crippen MR) is 261 cm³/mol. The van der Waals surface area contributed by atoms with Gasteiger partial charge in [0.2, 0.25) is 0 Å². The molecule has 0 aromatic rings. The quantitative estimate of drug-likeness (QED) is 0.0208. The highest BCUT2D eigenvalue weighted by atomic mass is 16.7. The summed E-state index contributed by atoms with van der Waals surface area (Å²) in [5.74, 6) is -1.07. The zero-order valence-corrected chi connectivity index (χ0v) is 40.3. The molecule has 0 bridgehead atoms. The van der Waals surface area contributed by atoms with Gasteiger partial charge in [-0.25, -0.2) is 0 Å².